The summed E-state index contributed by atoms with van der Waals surface area (Å²) in [5.74, 6) is 0.185. The first kappa shape index (κ1) is 12.9. The second kappa shape index (κ2) is 4.99. The SMILES string of the molecule is COc1ncc(Br)cc1NS(=O)(=O)c1ccoc1. The van der Waals surface area contributed by atoms with Crippen molar-refractivity contribution in [3.8, 4) is 5.88 Å². The summed E-state index contributed by atoms with van der Waals surface area (Å²) in [6.07, 6.45) is 3.93. The number of nitrogens with zero attached hydrogens (tertiary/aromatic N) is 1. The number of furan rings is 1. The Morgan fingerprint density at radius 2 is 2.28 bits per heavy atom. The van der Waals surface area contributed by atoms with E-state index in [1.165, 1.54) is 25.6 Å². The van der Waals surface area contributed by atoms with Gasteiger partial charge in [0.05, 0.1) is 13.4 Å². The molecule has 0 atom stereocenters. The molecule has 0 fully saturated rings. The Bertz CT molecular complexity index is 640. The van der Waals surface area contributed by atoms with Crippen molar-refractivity contribution in [1.82, 2.24) is 4.98 Å². The van der Waals surface area contributed by atoms with Gasteiger partial charge in [-0.05, 0) is 28.1 Å². The van der Waals surface area contributed by atoms with Crippen molar-refractivity contribution in [3.05, 3.63) is 35.3 Å². The van der Waals surface area contributed by atoms with Crippen LogP contribution in [0.1, 0.15) is 0 Å². The number of ether oxygens (including phenoxy) is 1. The van der Waals surface area contributed by atoms with Crippen LogP contribution in [0.2, 0.25) is 0 Å². The van der Waals surface area contributed by atoms with Crippen molar-refractivity contribution in [3.63, 3.8) is 0 Å². The summed E-state index contributed by atoms with van der Waals surface area (Å²) in [5.41, 5.74) is 0.244. The largest absolute Gasteiger partial charge is 0.479 e. The first-order valence-electron chi connectivity index (χ1n) is 4.77. The topological polar surface area (TPSA) is 81.4 Å². The fourth-order valence-corrected chi connectivity index (χ4v) is 2.57. The Balaban J connectivity index is 2.37. The van der Waals surface area contributed by atoms with Crippen molar-refractivity contribution >= 4 is 31.6 Å². The number of sulfonamides is 1. The molecular weight excluding hydrogens is 324 g/mol. The molecule has 0 unspecified atom stereocenters. The predicted octanol–water partition coefficient (Wildman–Crippen LogP) is 2.25. The second-order valence-electron chi connectivity index (χ2n) is 3.27. The molecule has 0 aliphatic rings. The molecule has 8 heteroatoms. The standard InChI is InChI=1S/C10H9BrN2O4S/c1-16-10-9(4-7(11)5-12-10)13-18(14,15)8-2-3-17-6-8/h2-6,13H,1H3. The molecule has 0 saturated carbocycles. The highest BCUT2D eigenvalue weighted by Crippen LogP contribution is 2.27. The first-order chi connectivity index (χ1) is 8.53. The van der Waals surface area contributed by atoms with Gasteiger partial charge in [-0.2, -0.15) is 0 Å². The lowest BCUT2D eigenvalue weighted by Gasteiger charge is -2.09. The van der Waals surface area contributed by atoms with Crippen LogP contribution in [0.4, 0.5) is 5.69 Å². The minimum absolute atomic E-state index is 0.0320. The highest BCUT2D eigenvalue weighted by molar-refractivity contribution is 9.10. The fraction of sp³-hybridized carbons (Fsp3) is 0.100. The molecule has 96 valence electrons. The molecule has 2 rings (SSSR count). The highest BCUT2D eigenvalue weighted by Gasteiger charge is 2.18. The molecule has 0 bridgehead atoms. The molecule has 18 heavy (non-hydrogen) atoms. The molecule has 0 spiro atoms. The lowest BCUT2D eigenvalue weighted by atomic mass is 10.4. The van der Waals surface area contributed by atoms with E-state index < -0.39 is 10.0 Å². The van der Waals surface area contributed by atoms with E-state index in [2.05, 4.69) is 25.6 Å². The molecule has 0 aliphatic carbocycles. The predicted molar refractivity (Wildman–Crippen MR) is 68.0 cm³/mol. The number of nitrogens with one attached hydrogen (secondary N) is 1. The van der Waals surface area contributed by atoms with Crippen molar-refractivity contribution in [2.75, 3.05) is 11.8 Å². The molecule has 0 aliphatic heterocycles. The summed E-state index contributed by atoms with van der Waals surface area (Å²) in [7, 11) is -2.30. The Morgan fingerprint density at radius 1 is 1.50 bits per heavy atom. The van der Waals surface area contributed by atoms with E-state index in [1.54, 1.807) is 6.07 Å². The van der Waals surface area contributed by atoms with Crippen LogP contribution in [0.25, 0.3) is 0 Å². The third kappa shape index (κ3) is 2.65. The number of hydrogen-bond donors (Lipinski definition) is 1. The Kier molecular flexibility index (Phi) is 3.58. The number of halogens is 1. The van der Waals surface area contributed by atoms with Gasteiger partial charge < -0.3 is 9.15 Å². The zero-order chi connectivity index (χ0) is 13.2. The van der Waals surface area contributed by atoms with Crippen molar-refractivity contribution in [1.29, 1.82) is 0 Å². The second-order valence-corrected chi connectivity index (χ2v) is 5.87. The maximum Gasteiger partial charge on any atom is 0.265 e. The smallest absolute Gasteiger partial charge is 0.265 e. The van der Waals surface area contributed by atoms with Gasteiger partial charge >= 0.3 is 0 Å². The van der Waals surface area contributed by atoms with Crippen molar-refractivity contribution < 1.29 is 17.6 Å². The quantitative estimate of drug-likeness (QED) is 0.928. The molecule has 2 aromatic rings. The average molecular weight is 333 g/mol. The third-order valence-electron chi connectivity index (χ3n) is 2.06. The van der Waals surface area contributed by atoms with Gasteiger partial charge in [0.1, 0.15) is 16.8 Å². The number of hydrogen-bond acceptors (Lipinski definition) is 5. The number of pyridine rings is 1. The number of aromatic nitrogens is 1. The van der Waals surface area contributed by atoms with Gasteiger partial charge in [-0.25, -0.2) is 13.4 Å². The third-order valence-corrected chi connectivity index (χ3v) is 3.84. The van der Waals surface area contributed by atoms with E-state index in [0.717, 1.165) is 6.26 Å². The maximum atomic E-state index is 12.0. The van der Waals surface area contributed by atoms with Gasteiger partial charge in [0.25, 0.3) is 10.0 Å². The van der Waals surface area contributed by atoms with E-state index in [-0.39, 0.29) is 16.5 Å². The fourth-order valence-electron chi connectivity index (χ4n) is 1.27. The average Bonchev–Trinajstić information content (AvgIpc) is 2.83. The van der Waals surface area contributed by atoms with E-state index in [0.29, 0.717) is 4.47 Å². The van der Waals surface area contributed by atoms with E-state index in [1.807, 2.05) is 0 Å². The van der Waals surface area contributed by atoms with Gasteiger partial charge in [-0.1, -0.05) is 0 Å². The monoisotopic (exact) mass is 332 g/mol. The lowest BCUT2D eigenvalue weighted by molar-refractivity contribution is 0.400. The van der Waals surface area contributed by atoms with E-state index >= 15 is 0 Å². The summed E-state index contributed by atoms with van der Waals surface area (Å²) in [6.45, 7) is 0. The molecule has 2 heterocycles. The minimum atomic E-state index is -3.70. The lowest BCUT2D eigenvalue weighted by Crippen LogP contribution is -2.13. The summed E-state index contributed by atoms with van der Waals surface area (Å²) in [5, 5.41) is 0. The Labute approximate surface area is 112 Å². The van der Waals surface area contributed by atoms with Crippen LogP contribution in [-0.2, 0) is 10.0 Å². The van der Waals surface area contributed by atoms with E-state index in [9.17, 15) is 8.42 Å². The molecule has 2 aromatic heterocycles. The van der Waals surface area contributed by atoms with Crippen molar-refractivity contribution in [2.24, 2.45) is 0 Å². The Morgan fingerprint density at radius 3 is 2.89 bits per heavy atom. The number of methoxy groups -OCH3 is 1. The minimum Gasteiger partial charge on any atom is -0.479 e. The van der Waals surface area contributed by atoms with Gasteiger partial charge in [-0.15, -0.1) is 0 Å². The maximum absolute atomic E-state index is 12.0. The van der Waals surface area contributed by atoms with Crippen LogP contribution >= 0.6 is 15.9 Å². The molecule has 0 saturated heterocycles. The molecule has 0 amide bonds. The number of rotatable bonds is 4. The van der Waals surface area contributed by atoms with Crippen LogP contribution in [0.5, 0.6) is 5.88 Å². The zero-order valence-corrected chi connectivity index (χ0v) is 11.7. The zero-order valence-electron chi connectivity index (χ0n) is 9.25. The van der Waals surface area contributed by atoms with Crippen LogP contribution in [0, 0.1) is 0 Å². The Hall–Kier alpha value is -1.54. The highest BCUT2D eigenvalue weighted by atomic mass is 79.9. The van der Waals surface area contributed by atoms with Crippen LogP contribution in [-0.4, -0.2) is 20.5 Å². The van der Waals surface area contributed by atoms with Crippen LogP contribution in [0.15, 0.2) is 44.6 Å². The van der Waals surface area contributed by atoms with Gasteiger partial charge in [0, 0.05) is 10.7 Å². The molecule has 6 nitrogen and oxygen atoms in total. The molecular formula is C10H9BrN2O4S. The summed E-state index contributed by atoms with van der Waals surface area (Å²) in [4.78, 5) is 3.97. The van der Waals surface area contributed by atoms with Crippen LogP contribution in [0.3, 0.4) is 0 Å². The summed E-state index contributed by atoms with van der Waals surface area (Å²) >= 11 is 3.21. The normalized spacial score (nSPS) is 11.2. The van der Waals surface area contributed by atoms with Gasteiger partial charge in [0.15, 0.2) is 0 Å². The van der Waals surface area contributed by atoms with Crippen molar-refractivity contribution in [2.45, 2.75) is 4.90 Å². The summed E-state index contributed by atoms with van der Waals surface area (Å²) in [6, 6.07) is 2.91. The van der Waals surface area contributed by atoms with Gasteiger partial charge in [0.2, 0.25) is 5.88 Å². The molecule has 0 aromatic carbocycles. The molecule has 0 radical (unpaired) electrons. The summed E-state index contributed by atoms with van der Waals surface area (Å²) < 4.78 is 36.7. The molecule has 1 N–H and O–H groups in total. The number of anilines is 1. The van der Waals surface area contributed by atoms with Gasteiger partial charge in [-0.3, -0.25) is 4.72 Å². The van der Waals surface area contributed by atoms with Crippen LogP contribution < -0.4 is 9.46 Å². The first-order valence-corrected chi connectivity index (χ1v) is 7.05. The van der Waals surface area contributed by atoms with E-state index in [4.69, 9.17) is 9.15 Å².